The maximum absolute atomic E-state index is 13.6. The molecular formula is C14H16FN5O7S2. The number of thiophene rings is 1. The molecule has 2 N–H and O–H groups in total. The van der Waals surface area contributed by atoms with E-state index in [9.17, 15) is 17.6 Å². The quantitative estimate of drug-likeness (QED) is 0.616. The smallest absolute Gasteiger partial charge is 0.335 e. The van der Waals surface area contributed by atoms with Gasteiger partial charge >= 0.3 is 18.1 Å². The molecule has 0 radical (unpaired) electrons. The average molecular weight is 449 g/mol. The van der Waals surface area contributed by atoms with Gasteiger partial charge in [-0.25, -0.2) is 22.3 Å². The third-order valence-corrected chi connectivity index (χ3v) is 5.93. The van der Waals surface area contributed by atoms with E-state index in [-0.39, 0.29) is 41.6 Å². The van der Waals surface area contributed by atoms with E-state index >= 15 is 0 Å². The molecule has 2 amide bonds. The largest absolute Gasteiger partial charge is 0.467 e. The highest BCUT2D eigenvalue weighted by Crippen LogP contribution is 2.38. The fourth-order valence-corrected chi connectivity index (χ4v) is 4.83. The Morgan fingerprint density at radius 3 is 2.38 bits per heavy atom. The molecule has 2 aromatic heterocycles. The number of ether oxygens (including phenoxy) is 4. The molecule has 0 unspecified atom stereocenters. The van der Waals surface area contributed by atoms with Gasteiger partial charge in [-0.05, 0) is 0 Å². The number of hydrogen-bond donors (Lipinski definition) is 2. The summed E-state index contributed by atoms with van der Waals surface area (Å²) in [6.45, 7) is -0.880. The van der Waals surface area contributed by atoms with Crippen molar-refractivity contribution in [2.24, 2.45) is 0 Å². The van der Waals surface area contributed by atoms with Gasteiger partial charge in [-0.1, -0.05) is 0 Å². The van der Waals surface area contributed by atoms with Gasteiger partial charge in [0.15, 0.2) is 0 Å². The van der Waals surface area contributed by atoms with Gasteiger partial charge in [-0.15, -0.1) is 4.98 Å². The highest BCUT2D eigenvalue weighted by atomic mass is 32.2. The number of rotatable bonds is 7. The summed E-state index contributed by atoms with van der Waals surface area (Å²) in [7, 11) is -1.82. The second kappa shape index (κ2) is 8.40. The van der Waals surface area contributed by atoms with E-state index in [4.69, 9.17) is 18.9 Å². The van der Waals surface area contributed by atoms with Crippen molar-refractivity contribution in [2.75, 3.05) is 39.4 Å². The van der Waals surface area contributed by atoms with Crippen LogP contribution < -0.4 is 19.5 Å². The molecular weight excluding hydrogens is 433 g/mol. The molecule has 1 aliphatic rings. The number of carbonyl (C=O) groups is 1. The van der Waals surface area contributed by atoms with E-state index in [1.807, 2.05) is 0 Å². The molecule has 0 aromatic carbocycles. The Labute approximate surface area is 168 Å². The third kappa shape index (κ3) is 4.36. The Kier molecular flexibility index (Phi) is 6.11. The van der Waals surface area contributed by atoms with Gasteiger partial charge in [-0.2, -0.15) is 21.3 Å². The summed E-state index contributed by atoms with van der Waals surface area (Å²) in [5.74, 6) is -2.13. The Morgan fingerprint density at radius 2 is 1.83 bits per heavy atom. The van der Waals surface area contributed by atoms with Crippen LogP contribution in [0.3, 0.4) is 0 Å². The highest BCUT2D eigenvalue weighted by Gasteiger charge is 2.43. The zero-order chi connectivity index (χ0) is 21.1. The molecule has 1 aliphatic heterocycles. The van der Waals surface area contributed by atoms with Crippen LogP contribution in [0.2, 0.25) is 0 Å². The van der Waals surface area contributed by atoms with Crippen molar-refractivity contribution >= 4 is 33.3 Å². The summed E-state index contributed by atoms with van der Waals surface area (Å²) in [4.78, 5) is 23.1. The topological polar surface area (TPSA) is 151 Å². The van der Waals surface area contributed by atoms with Crippen molar-refractivity contribution in [3.63, 3.8) is 0 Å². The summed E-state index contributed by atoms with van der Waals surface area (Å²) < 4.78 is 61.0. The fourth-order valence-electron chi connectivity index (χ4n) is 2.41. The zero-order valence-electron chi connectivity index (χ0n) is 15.2. The third-order valence-electron chi connectivity index (χ3n) is 3.67. The summed E-state index contributed by atoms with van der Waals surface area (Å²) >= 11 is 0.991. The Balaban J connectivity index is 1.80. The number of urea groups is 1. The summed E-state index contributed by atoms with van der Waals surface area (Å²) in [6, 6.07) is -1.48. The van der Waals surface area contributed by atoms with E-state index in [0.29, 0.717) is 0 Å². The van der Waals surface area contributed by atoms with E-state index < -0.39 is 28.5 Å². The average Bonchev–Trinajstić information content (AvgIpc) is 3.37. The van der Waals surface area contributed by atoms with Gasteiger partial charge in [0.25, 0.3) is 10.0 Å². The van der Waals surface area contributed by atoms with Crippen LogP contribution in [-0.2, 0) is 25.3 Å². The number of alkyl halides is 1. The second-order valence-corrected chi connectivity index (χ2v) is 7.82. The Morgan fingerprint density at radius 1 is 1.21 bits per heavy atom. The zero-order valence-corrected chi connectivity index (χ0v) is 16.8. The standard InChI is InChI=1S/C14H16FN5O7S2/c1-24-12-17-10(18-13(19-12)25-2)16-11(21)20-29(22,23)9-6-28-5-8(9)14(7-15)26-3-4-27-14/h5-6H,3-4,7H2,1-2H3,(H2,16,17,18,19,20,21). The number of aromatic nitrogens is 3. The molecule has 15 heteroatoms. The highest BCUT2D eigenvalue weighted by molar-refractivity contribution is 7.90. The monoisotopic (exact) mass is 449 g/mol. The van der Waals surface area contributed by atoms with Crippen LogP contribution in [0.1, 0.15) is 5.56 Å². The minimum Gasteiger partial charge on any atom is -0.467 e. The van der Waals surface area contributed by atoms with Crippen LogP contribution >= 0.6 is 11.3 Å². The lowest BCUT2D eigenvalue weighted by Gasteiger charge is -2.24. The summed E-state index contributed by atoms with van der Waals surface area (Å²) in [5, 5.41) is 4.76. The van der Waals surface area contributed by atoms with Crippen molar-refractivity contribution in [3.05, 3.63) is 16.3 Å². The molecule has 1 fully saturated rings. The lowest BCUT2D eigenvalue weighted by atomic mass is 10.1. The number of amides is 2. The minimum absolute atomic E-state index is 0.0358. The summed E-state index contributed by atoms with van der Waals surface area (Å²) in [6.07, 6.45) is 0. The summed E-state index contributed by atoms with van der Waals surface area (Å²) in [5.41, 5.74) is -0.0358. The van der Waals surface area contributed by atoms with E-state index in [2.05, 4.69) is 20.3 Å². The predicted molar refractivity (Wildman–Crippen MR) is 96.1 cm³/mol. The fraction of sp³-hybridized carbons (Fsp3) is 0.429. The first-order valence-corrected chi connectivity index (χ1v) is 10.3. The molecule has 0 spiro atoms. The van der Waals surface area contributed by atoms with Gasteiger partial charge in [0.2, 0.25) is 11.7 Å². The van der Waals surface area contributed by atoms with E-state index in [1.54, 1.807) is 4.72 Å². The van der Waals surface area contributed by atoms with Gasteiger partial charge in [0.1, 0.15) is 11.6 Å². The van der Waals surface area contributed by atoms with Gasteiger partial charge in [0.05, 0.1) is 27.4 Å². The molecule has 1 saturated heterocycles. The molecule has 2 aromatic rings. The first-order chi connectivity index (χ1) is 13.8. The molecule has 3 heterocycles. The molecule has 0 aliphatic carbocycles. The van der Waals surface area contributed by atoms with Crippen LogP contribution in [-0.4, -0.2) is 63.5 Å². The molecule has 0 atom stereocenters. The molecule has 0 bridgehead atoms. The normalized spacial score (nSPS) is 15.7. The number of methoxy groups -OCH3 is 2. The van der Waals surface area contributed by atoms with Gasteiger partial charge in [-0.3, -0.25) is 5.32 Å². The lowest BCUT2D eigenvalue weighted by molar-refractivity contribution is -0.178. The first-order valence-electron chi connectivity index (χ1n) is 7.92. The van der Waals surface area contributed by atoms with Crippen molar-refractivity contribution in [3.8, 4) is 12.0 Å². The van der Waals surface area contributed by atoms with Crippen LogP contribution in [0.4, 0.5) is 15.1 Å². The number of halogens is 1. The number of nitrogens with zero attached hydrogens (tertiary/aromatic N) is 3. The van der Waals surface area contributed by atoms with E-state index in [1.165, 1.54) is 25.0 Å². The molecule has 158 valence electrons. The van der Waals surface area contributed by atoms with Crippen LogP contribution in [0, 0.1) is 0 Å². The van der Waals surface area contributed by atoms with Crippen molar-refractivity contribution in [2.45, 2.75) is 10.7 Å². The van der Waals surface area contributed by atoms with Crippen molar-refractivity contribution in [1.82, 2.24) is 19.7 Å². The lowest BCUT2D eigenvalue weighted by Crippen LogP contribution is -2.37. The second-order valence-electron chi connectivity index (χ2n) is 5.43. The van der Waals surface area contributed by atoms with Crippen molar-refractivity contribution in [1.29, 1.82) is 0 Å². The number of hydrogen-bond acceptors (Lipinski definition) is 11. The van der Waals surface area contributed by atoms with Gasteiger partial charge < -0.3 is 18.9 Å². The maximum Gasteiger partial charge on any atom is 0.335 e. The predicted octanol–water partition coefficient (Wildman–Crippen LogP) is 0.630. The molecule has 29 heavy (non-hydrogen) atoms. The maximum atomic E-state index is 13.6. The number of anilines is 1. The first kappa shape index (κ1) is 21.1. The van der Waals surface area contributed by atoms with Gasteiger partial charge in [0, 0.05) is 16.3 Å². The Bertz CT molecular complexity index is 972. The van der Waals surface area contributed by atoms with E-state index in [0.717, 1.165) is 11.3 Å². The molecule has 12 nitrogen and oxygen atoms in total. The SMILES string of the molecule is COc1nc(NC(=O)NS(=O)(=O)c2cscc2C2(CF)OCCO2)nc(OC)n1. The number of sulfonamides is 1. The molecule has 3 rings (SSSR count). The number of nitrogens with one attached hydrogen (secondary N) is 2. The van der Waals surface area contributed by atoms with Crippen LogP contribution in [0.15, 0.2) is 15.7 Å². The van der Waals surface area contributed by atoms with Crippen LogP contribution in [0.5, 0.6) is 12.0 Å². The molecule has 0 saturated carbocycles. The number of carbonyl (C=O) groups excluding carboxylic acids is 1. The Hall–Kier alpha value is -2.62. The van der Waals surface area contributed by atoms with Crippen LogP contribution in [0.25, 0.3) is 0 Å². The minimum atomic E-state index is -4.40. The van der Waals surface area contributed by atoms with Crippen molar-refractivity contribution < 1.29 is 36.6 Å².